The van der Waals surface area contributed by atoms with Crippen LogP contribution in [0.25, 0.3) is 0 Å². The van der Waals surface area contributed by atoms with Crippen molar-refractivity contribution in [2.75, 3.05) is 13.2 Å². The van der Waals surface area contributed by atoms with Gasteiger partial charge in [-0.2, -0.15) is 0 Å². The summed E-state index contributed by atoms with van der Waals surface area (Å²) in [5, 5.41) is 29.1. The van der Waals surface area contributed by atoms with Crippen LogP contribution in [0, 0.1) is 11.8 Å². The summed E-state index contributed by atoms with van der Waals surface area (Å²) in [6.07, 6.45) is 2.93. The topological polar surface area (TPSA) is 141 Å². The SMILES string of the molecule is O=C(O)C1C(=O)C(C(=O)O)[C@H](c2ccccn2)N(CCO)[C@@H]1c1ccccn1. The highest BCUT2D eigenvalue weighted by Crippen LogP contribution is 2.45. The summed E-state index contributed by atoms with van der Waals surface area (Å²) < 4.78 is 0. The number of likely N-dealkylation sites (tertiary alicyclic amines) is 1. The maximum Gasteiger partial charge on any atom is 0.316 e. The molecule has 1 saturated heterocycles. The third-order valence-corrected chi connectivity index (χ3v) is 4.83. The molecule has 3 N–H and O–H groups in total. The Morgan fingerprint density at radius 3 is 1.68 bits per heavy atom. The zero-order chi connectivity index (χ0) is 20.3. The van der Waals surface area contributed by atoms with Crippen LogP contribution in [-0.2, 0) is 14.4 Å². The first-order chi connectivity index (χ1) is 13.5. The number of hydrogen-bond acceptors (Lipinski definition) is 7. The zero-order valence-electron chi connectivity index (χ0n) is 14.8. The molecule has 3 rings (SSSR count). The van der Waals surface area contributed by atoms with Crippen molar-refractivity contribution in [3.8, 4) is 0 Å². The predicted octanol–water partition coefficient (Wildman–Crippen LogP) is 0.538. The number of Topliss-reactive ketones (excluding diaryl/α,β-unsaturated/α-hetero) is 1. The highest BCUT2D eigenvalue weighted by atomic mass is 16.4. The molecule has 0 radical (unpaired) electrons. The van der Waals surface area contributed by atoms with Crippen LogP contribution in [0.15, 0.2) is 48.8 Å². The number of aliphatic hydroxyl groups excluding tert-OH is 1. The van der Waals surface area contributed by atoms with E-state index in [2.05, 4.69) is 9.97 Å². The molecule has 0 aromatic carbocycles. The zero-order valence-corrected chi connectivity index (χ0v) is 14.8. The number of carboxylic acids is 2. The Morgan fingerprint density at radius 2 is 1.36 bits per heavy atom. The lowest BCUT2D eigenvalue weighted by atomic mass is 9.74. The van der Waals surface area contributed by atoms with Crippen LogP contribution in [0.4, 0.5) is 0 Å². The molecule has 0 bridgehead atoms. The average Bonchev–Trinajstić information content (AvgIpc) is 2.69. The Bertz CT molecular complexity index is 793. The van der Waals surface area contributed by atoms with Gasteiger partial charge in [0.25, 0.3) is 0 Å². The van der Waals surface area contributed by atoms with Gasteiger partial charge in [-0.05, 0) is 24.3 Å². The van der Waals surface area contributed by atoms with Gasteiger partial charge in [0.1, 0.15) is 11.8 Å². The number of nitrogens with zero attached hydrogens (tertiary/aromatic N) is 3. The predicted molar refractivity (Wildman–Crippen MR) is 95.0 cm³/mol. The highest BCUT2D eigenvalue weighted by Gasteiger charge is 2.55. The van der Waals surface area contributed by atoms with Crippen LogP contribution in [0.5, 0.6) is 0 Å². The molecule has 2 unspecified atom stereocenters. The van der Waals surface area contributed by atoms with Crippen LogP contribution in [0.3, 0.4) is 0 Å². The largest absolute Gasteiger partial charge is 0.481 e. The Kier molecular flexibility index (Phi) is 5.76. The summed E-state index contributed by atoms with van der Waals surface area (Å²) in [5.41, 5.74) is 0.614. The molecular weight excluding hydrogens is 366 g/mol. The first-order valence-electron chi connectivity index (χ1n) is 8.65. The van der Waals surface area contributed by atoms with Gasteiger partial charge in [0, 0.05) is 18.9 Å². The van der Waals surface area contributed by atoms with Crippen LogP contribution in [-0.4, -0.2) is 61.1 Å². The number of carboxylic acid groups (broad SMARTS) is 2. The lowest BCUT2D eigenvalue weighted by Crippen LogP contribution is -2.56. The maximum atomic E-state index is 13.0. The van der Waals surface area contributed by atoms with E-state index in [1.165, 1.54) is 17.3 Å². The summed E-state index contributed by atoms with van der Waals surface area (Å²) in [4.78, 5) is 46.8. The molecule has 1 aliphatic heterocycles. The smallest absolute Gasteiger partial charge is 0.316 e. The summed E-state index contributed by atoms with van der Waals surface area (Å²) in [5.74, 6) is -7.06. The molecule has 0 spiro atoms. The molecule has 4 atom stereocenters. The van der Waals surface area contributed by atoms with E-state index in [-0.39, 0.29) is 13.2 Å². The van der Waals surface area contributed by atoms with E-state index in [1.54, 1.807) is 36.4 Å². The Hall–Kier alpha value is -3.17. The van der Waals surface area contributed by atoms with Crippen molar-refractivity contribution >= 4 is 17.7 Å². The van der Waals surface area contributed by atoms with E-state index in [0.717, 1.165) is 0 Å². The minimum atomic E-state index is -1.64. The third kappa shape index (κ3) is 3.49. The van der Waals surface area contributed by atoms with Gasteiger partial charge in [-0.15, -0.1) is 0 Å². The molecule has 3 heterocycles. The highest BCUT2D eigenvalue weighted by molar-refractivity contribution is 6.09. The average molecular weight is 385 g/mol. The molecule has 1 fully saturated rings. The monoisotopic (exact) mass is 385 g/mol. The summed E-state index contributed by atoms with van der Waals surface area (Å²) in [6, 6.07) is 7.68. The van der Waals surface area contributed by atoms with Gasteiger partial charge in [0.15, 0.2) is 5.78 Å². The second-order valence-electron chi connectivity index (χ2n) is 6.39. The number of pyridine rings is 2. The van der Waals surface area contributed by atoms with E-state index in [1.807, 2.05) is 0 Å². The van der Waals surface area contributed by atoms with E-state index in [9.17, 15) is 29.7 Å². The number of β-amino-alcohol motifs (C(OH)–C–C–N with tert-alkyl or cyclic N) is 1. The van der Waals surface area contributed by atoms with Gasteiger partial charge >= 0.3 is 11.9 Å². The summed E-state index contributed by atoms with van der Waals surface area (Å²) in [6.45, 7) is -0.414. The number of rotatable bonds is 6. The maximum absolute atomic E-state index is 13.0. The minimum absolute atomic E-state index is 0.0523. The number of aliphatic hydroxyl groups is 1. The molecule has 0 amide bonds. The first-order valence-corrected chi connectivity index (χ1v) is 8.65. The van der Waals surface area contributed by atoms with E-state index in [4.69, 9.17) is 0 Å². The number of aromatic nitrogens is 2. The summed E-state index contributed by atoms with van der Waals surface area (Å²) >= 11 is 0. The quantitative estimate of drug-likeness (QED) is 0.607. The fourth-order valence-electron chi connectivity index (χ4n) is 3.75. The molecule has 9 nitrogen and oxygen atoms in total. The Balaban J connectivity index is 2.23. The van der Waals surface area contributed by atoms with Crippen LogP contribution in [0.1, 0.15) is 23.5 Å². The van der Waals surface area contributed by atoms with Crippen molar-refractivity contribution in [3.05, 3.63) is 60.2 Å². The van der Waals surface area contributed by atoms with Gasteiger partial charge in [-0.3, -0.25) is 29.3 Å². The van der Waals surface area contributed by atoms with Crippen LogP contribution >= 0.6 is 0 Å². The molecule has 0 aliphatic carbocycles. The van der Waals surface area contributed by atoms with Gasteiger partial charge in [-0.1, -0.05) is 12.1 Å². The Morgan fingerprint density at radius 1 is 0.893 bits per heavy atom. The van der Waals surface area contributed by atoms with Crippen molar-refractivity contribution in [2.45, 2.75) is 12.1 Å². The molecule has 28 heavy (non-hydrogen) atoms. The molecule has 2 aromatic heterocycles. The van der Waals surface area contributed by atoms with Gasteiger partial charge in [0.2, 0.25) is 0 Å². The van der Waals surface area contributed by atoms with Crippen molar-refractivity contribution in [3.63, 3.8) is 0 Å². The summed E-state index contributed by atoms with van der Waals surface area (Å²) in [7, 11) is 0. The molecule has 0 saturated carbocycles. The van der Waals surface area contributed by atoms with Crippen molar-refractivity contribution < 1.29 is 29.7 Å². The second kappa shape index (κ2) is 8.24. The molecule has 1 aliphatic rings. The normalized spacial score (nSPS) is 25.4. The van der Waals surface area contributed by atoms with Gasteiger partial charge in [0.05, 0.1) is 30.1 Å². The van der Waals surface area contributed by atoms with E-state index >= 15 is 0 Å². The Labute approximate surface area is 160 Å². The van der Waals surface area contributed by atoms with Gasteiger partial charge < -0.3 is 15.3 Å². The van der Waals surface area contributed by atoms with Crippen molar-refractivity contribution in [1.29, 1.82) is 0 Å². The van der Waals surface area contributed by atoms with Crippen molar-refractivity contribution in [1.82, 2.24) is 14.9 Å². The number of piperidine rings is 1. The number of hydrogen-bond donors (Lipinski definition) is 3. The third-order valence-electron chi connectivity index (χ3n) is 4.83. The first kappa shape index (κ1) is 19.6. The van der Waals surface area contributed by atoms with E-state index < -0.39 is 41.6 Å². The number of ketones is 1. The van der Waals surface area contributed by atoms with Crippen LogP contribution < -0.4 is 0 Å². The second-order valence-corrected chi connectivity index (χ2v) is 6.39. The molecule has 146 valence electrons. The van der Waals surface area contributed by atoms with Crippen molar-refractivity contribution in [2.24, 2.45) is 11.8 Å². The lowest BCUT2D eigenvalue weighted by molar-refractivity contribution is -0.166. The number of aliphatic carboxylic acids is 2. The molecule has 2 aromatic rings. The van der Waals surface area contributed by atoms with Gasteiger partial charge in [-0.25, -0.2) is 0 Å². The fourth-order valence-corrected chi connectivity index (χ4v) is 3.75. The minimum Gasteiger partial charge on any atom is -0.481 e. The van der Waals surface area contributed by atoms with E-state index in [0.29, 0.717) is 11.4 Å². The standard InChI is InChI=1S/C19H19N3O6/c23-10-9-22-15(11-5-1-3-7-20-11)13(18(25)26)17(24)14(19(27)28)16(22)12-6-2-4-8-21-12/h1-8,13-16,23H,9-10H2,(H,25,26)(H,27,28)/t13?,14?,15-,16+. The number of carbonyl (C=O) groups is 3. The van der Waals surface area contributed by atoms with Crippen LogP contribution in [0.2, 0.25) is 0 Å². The number of carbonyl (C=O) groups excluding carboxylic acids is 1. The molecule has 9 heteroatoms. The fraction of sp³-hybridized carbons (Fsp3) is 0.316. The molecular formula is C19H19N3O6. The lowest BCUT2D eigenvalue weighted by Gasteiger charge is -2.46.